The van der Waals surface area contributed by atoms with Crippen molar-refractivity contribution in [3.05, 3.63) is 11.6 Å². The summed E-state index contributed by atoms with van der Waals surface area (Å²) in [7, 11) is -2.32. The van der Waals surface area contributed by atoms with Gasteiger partial charge in [-0.25, -0.2) is 0 Å². The van der Waals surface area contributed by atoms with Crippen LogP contribution in [0.25, 0.3) is 0 Å². The van der Waals surface area contributed by atoms with Crippen LogP contribution in [-0.4, -0.2) is 68.4 Å². The van der Waals surface area contributed by atoms with E-state index >= 15 is 0 Å². The molecule has 0 radical (unpaired) electrons. The normalized spacial score (nSPS) is 39.6. The van der Waals surface area contributed by atoms with Crippen LogP contribution in [0.1, 0.15) is 65.7 Å². The Bertz CT molecular complexity index is 1140. The van der Waals surface area contributed by atoms with Crippen LogP contribution in [0.15, 0.2) is 22.0 Å². The summed E-state index contributed by atoms with van der Waals surface area (Å²) in [5.41, 5.74) is 2.64. The molecule has 4 aliphatic carbocycles. The van der Waals surface area contributed by atoms with Crippen LogP contribution < -0.4 is 0 Å². The topological polar surface area (TPSA) is 70.9 Å². The summed E-state index contributed by atoms with van der Waals surface area (Å²) >= 11 is 0. The summed E-state index contributed by atoms with van der Waals surface area (Å²) < 4.78 is 21.2. The highest BCUT2D eigenvalue weighted by molar-refractivity contribution is 6.70. The maximum absolute atomic E-state index is 7.42. The van der Waals surface area contributed by atoms with Crippen molar-refractivity contribution < 1.29 is 23.0 Å². The van der Waals surface area contributed by atoms with E-state index in [0.717, 1.165) is 49.9 Å². The molecule has 246 valence electrons. The number of nitrogens with zero attached hydrogens (tertiary/aromatic N) is 2. The number of oxime groups is 2. The SMILES string of the molecule is CO/N=C(/CO[Si](C)(C)C)[C@@]1(O[Si](C)(C)C)CC[C@H]2[C@@H]3C[C@](C)(O[Si](C)(C)C)C4=C/C(=N/OC)CC[C@]4(C)[C@H]3CC[C@@]21C. The molecule has 3 fully saturated rings. The molecule has 0 aliphatic heterocycles. The predicted octanol–water partition coefficient (Wildman–Crippen LogP) is 8.62. The first-order valence-electron chi connectivity index (χ1n) is 16.6. The van der Waals surface area contributed by atoms with Crippen LogP contribution in [-0.2, 0) is 23.0 Å². The summed E-state index contributed by atoms with van der Waals surface area (Å²) in [6, 6.07) is 0. The second-order valence-corrected chi connectivity index (χ2v) is 30.8. The third-order valence-electron chi connectivity index (χ3n) is 10.9. The quantitative estimate of drug-likeness (QED) is 0.135. The predicted molar refractivity (Wildman–Crippen MR) is 185 cm³/mol. The zero-order valence-electron chi connectivity index (χ0n) is 29.9. The van der Waals surface area contributed by atoms with E-state index in [0.29, 0.717) is 24.4 Å². The van der Waals surface area contributed by atoms with Crippen molar-refractivity contribution in [1.29, 1.82) is 0 Å². The first-order chi connectivity index (χ1) is 19.6. The van der Waals surface area contributed by atoms with Gasteiger partial charge in [0.15, 0.2) is 25.0 Å². The van der Waals surface area contributed by atoms with Crippen LogP contribution >= 0.6 is 0 Å². The average Bonchev–Trinajstić information content (AvgIpc) is 3.12. The molecule has 0 spiro atoms. The van der Waals surface area contributed by atoms with Gasteiger partial charge >= 0.3 is 0 Å². The number of hydrogen-bond donors (Lipinski definition) is 0. The van der Waals surface area contributed by atoms with E-state index in [9.17, 15) is 0 Å². The second kappa shape index (κ2) is 11.8. The van der Waals surface area contributed by atoms with Crippen LogP contribution in [0.4, 0.5) is 0 Å². The van der Waals surface area contributed by atoms with Gasteiger partial charge in [0.1, 0.15) is 25.5 Å². The van der Waals surface area contributed by atoms with Crippen molar-refractivity contribution in [3.8, 4) is 0 Å². The molecule has 0 unspecified atom stereocenters. The minimum atomic E-state index is -1.98. The average molecular weight is 651 g/mol. The number of rotatable bonds is 10. The number of allylic oxidation sites excluding steroid dienone is 1. The van der Waals surface area contributed by atoms with Crippen molar-refractivity contribution in [3.63, 3.8) is 0 Å². The lowest BCUT2D eigenvalue weighted by Crippen LogP contribution is -2.64. The van der Waals surface area contributed by atoms with E-state index in [-0.39, 0.29) is 16.4 Å². The summed E-state index contributed by atoms with van der Waals surface area (Å²) in [6.45, 7) is 28.6. The zero-order valence-corrected chi connectivity index (χ0v) is 32.9. The Balaban J connectivity index is 1.83. The molecular weight excluding hydrogens is 589 g/mol. The van der Waals surface area contributed by atoms with Crippen molar-refractivity contribution in [2.75, 3.05) is 20.8 Å². The molecule has 10 heteroatoms. The van der Waals surface area contributed by atoms with Gasteiger partial charge in [0.05, 0.1) is 17.9 Å². The monoisotopic (exact) mass is 650 g/mol. The largest absolute Gasteiger partial charge is 0.412 e. The van der Waals surface area contributed by atoms with Gasteiger partial charge in [-0.05, 0) is 146 Å². The number of fused-ring (bicyclic) bond motifs is 5. The molecule has 0 aromatic heterocycles. The lowest BCUT2D eigenvalue weighted by atomic mass is 9.44. The molecule has 0 aromatic rings. The Morgan fingerprint density at radius 2 is 1.44 bits per heavy atom. The van der Waals surface area contributed by atoms with Gasteiger partial charge in [-0.2, -0.15) is 0 Å². The zero-order chi connectivity index (χ0) is 32.3. The lowest BCUT2D eigenvalue weighted by molar-refractivity contribution is -0.120. The minimum absolute atomic E-state index is 0.0659. The highest BCUT2D eigenvalue weighted by Crippen LogP contribution is 2.70. The van der Waals surface area contributed by atoms with Crippen LogP contribution in [0, 0.1) is 28.6 Å². The Morgan fingerprint density at radius 3 is 2.00 bits per heavy atom. The van der Waals surface area contributed by atoms with Crippen LogP contribution in [0.2, 0.25) is 58.9 Å². The Morgan fingerprint density at radius 1 is 0.814 bits per heavy atom. The molecule has 4 rings (SSSR count). The van der Waals surface area contributed by atoms with Crippen LogP contribution in [0.3, 0.4) is 0 Å². The molecule has 0 N–H and O–H groups in total. The lowest BCUT2D eigenvalue weighted by Gasteiger charge is -2.64. The molecule has 0 heterocycles. The summed E-state index contributed by atoms with van der Waals surface area (Å²) in [5, 5.41) is 9.16. The van der Waals surface area contributed by atoms with Gasteiger partial charge in [0.2, 0.25) is 0 Å². The van der Waals surface area contributed by atoms with Crippen molar-refractivity contribution in [2.45, 2.75) is 136 Å². The van der Waals surface area contributed by atoms with E-state index in [1.807, 2.05) is 0 Å². The Kier molecular flexibility index (Phi) is 9.61. The molecule has 4 aliphatic rings. The third kappa shape index (κ3) is 6.70. The van der Waals surface area contributed by atoms with Crippen molar-refractivity contribution >= 4 is 36.4 Å². The maximum atomic E-state index is 7.42. The summed E-state index contributed by atoms with van der Waals surface area (Å²) in [6.07, 6.45) is 9.82. The first kappa shape index (κ1) is 35.1. The third-order valence-corrected chi connectivity index (χ3v) is 14.0. The van der Waals surface area contributed by atoms with Crippen molar-refractivity contribution in [1.82, 2.24) is 0 Å². The van der Waals surface area contributed by atoms with Gasteiger partial charge < -0.3 is 23.0 Å². The van der Waals surface area contributed by atoms with Gasteiger partial charge in [0, 0.05) is 5.41 Å². The van der Waals surface area contributed by atoms with Gasteiger partial charge in [-0.1, -0.05) is 24.2 Å². The Labute approximate surface area is 265 Å². The minimum Gasteiger partial charge on any atom is -0.412 e. The molecular formula is C33H62N2O5Si3. The molecule has 3 saturated carbocycles. The fourth-order valence-corrected chi connectivity index (χ4v) is 13.4. The first-order valence-corrected chi connectivity index (χ1v) is 26.8. The highest BCUT2D eigenvalue weighted by Gasteiger charge is 2.69. The van der Waals surface area contributed by atoms with Crippen LogP contribution in [0.5, 0.6) is 0 Å². The Hall–Kier alpha value is -0.789. The van der Waals surface area contributed by atoms with Crippen molar-refractivity contribution in [2.24, 2.45) is 38.9 Å². The molecule has 0 aromatic carbocycles. The van der Waals surface area contributed by atoms with Gasteiger partial charge in [0.25, 0.3) is 0 Å². The van der Waals surface area contributed by atoms with Gasteiger partial charge in [-0.15, -0.1) is 0 Å². The van der Waals surface area contributed by atoms with E-state index in [1.54, 1.807) is 14.2 Å². The van der Waals surface area contributed by atoms with E-state index in [2.05, 4.69) is 90.9 Å². The summed E-state index contributed by atoms with van der Waals surface area (Å²) in [4.78, 5) is 10.8. The fourth-order valence-electron chi connectivity index (χ4n) is 9.79. The number of hydrogen-bond acceptors (Lipinski definition) is 7. The summed E-state index contributed by atoms with van der Waals surface area (Å²) in [5.74, 6) is 1.65. The molecule has 7 atom stereocenters. The molecule has 7 nitrogen and oxygen atoms in total. The fraction of sp³-hybridized carbons (Fsp3) is 0.879. The standard InChI is InChI=1S/C33H62N2O5Si3/c1-30-18-15-24(34-36-4)21-28(30)32(3,39-42(9,10)11)22-25-26(30)16-19-31(2)27(25)17-20-33(31,40-43(12,13)14)29(35-37-5)23-38-41(6,7)8/h21,25-27H,15-20,22-23H2,1-14H3/b34-24+,35-29-/t25-,26+,27+,30-,31+,32+,33+/m1/s1. The second-order valence-electron chi connectivity index (χ2n) is 17.4. The maximum Gasteiger partial charge on any atom is 0.185 e. The molecule has 0 amide bonds. The van der Waals surface area contributed by atoms with E-state index < -0.39 is 30.6 Å². The van der Waals surface area contributed by atoms with E-state index in [4.69, 9.17) is 28.1 Å². The van der Waals surface area contributed by atoms with E-state index in [1.165, 1.54) is 12.0 Å². The highest BCUT2D eigenvalue weighted by atomic mass is 28.4. The molecule has 0 saturated heterocycles. The molecule has 0 bridgehead atoms. The van der Waals surface area contributed by atoms with Gasteiger partial charge in [-0.3, -0.25) is 0 Å². The smallest absolute Gasteiger partial charge is 0.185 e. The molecule has 43 heavy (non-hydrogen) atoms.